The van der Waals surface area contributed by atoms with Crippen LogP contribution in [0, 0.1) is 5.92 Å². The van der Waals surface area contributed by atoms with Crippen molar-refractivity contribution in [2.45, 2.75) is 44.2 Å². The van der Waals surface area contributed by atoms with Crippen molar-refractivity contribution in [3.8, 4) is 0 Å². The van der Waals surface area contributed by atoms with Crippen molar-refractivity contribution in [2.75, 3.05) is 6.54 Å². The topological polar surface area (TPSA) is 46.3 Å². The number of likely N-dealkylation sites (tertiary alicyclic amines) is 1. The lowest BCUT2D eigenvalue weighted by atomic mass is 9.94. The van der Waals surface area contributed by atoms with E-state index in [-0.39, 0.29) is 11.9 Å². The van der Waals surface area contributed by atoms with Crippen LogP contribution in [0.25, 0.3) is 0 Å². The van der Waals surface area contributed by atoms with Crippen LogP contribution >= 0.6 is 15.9 Å². The Hall–Kier alpha value is -0.870. The number of rotatable bonds is 3. The maximum absolute atomic E-state index is 12.8. The highest BCUT2D eigenvalue weighted by Gasteiger charge is 2.47. The molecule has 1 aliphatic heterocycles. The molecule has 1 aliphatic carbocycles. The lowest BCUT2D eigenvalue weighted by molar-refractivity contribution is -0.138. The molecule has 1 saturated carbocycles. The van der Waals surface area contributed by atoms with E-state index in [1.165, 1.54) is 5.56 Å². The van der Waals surface area contributed by atoms with Gasteiger partial charge in [0, 0.05) is 11.0 Å². The zero-order valence-corrected chi connectivity index (χ0v) is 13.4. The Morgan fingerprint density at radius 1 is 1.40 bits per heavy atom. The van der Waals surface area contributed by atoms with Crippen molar-refractivity contribution < 1.29 is 4.79 Å². The van der Waals surface area contributed by atoms with Crippen molar-refractivity contribution >= 4 is 21.8 Å². The molecule has 2 unspecified atom stereocenters. The first-order valence-electron chi connectivity index (χ1n) is 7.35. The van der Waals surface area contributed by atoms with Gasteiger partial charge < -0.3 is 10.6 Å². The standard InChI is InChI=1S/C16H21BrN2O/c1-16(18,12-7-8-12)15(20)19-9-3-6-14(19)11-4-2-5-13(17)10-11/h2,4-5,10,12,14H,3,6-9,18H2,1H3. The van der Waals surface area contributed by atoms with E-state index in [9.17, 15) is 4.79 Å². The van der Waals surface area contributed by atoms with Gasteiger partial charge in [-0.25, -0.2) is 0 Å². The van der Waals surface area contributed by atoms with E-state index in [4.69, 9.17) is 5.73 Å². The molecule has 1 heterocycles. The number of amides is 1. The number of hydrogen-bond donors (Lipinski definition) is 1. The summed E-state index contributed by atoms with van der Waals surface area (Å²) in [4.78, 5) is 14.8. The summed E-state index contributed by atoms with van der Waals surface area (Å²) in [6, 6.07) is 8.44. The smallest absolute Gasteiger partial charge is 0.243 e. The van der Waals surface area contributed by atoms with Gasteiger partial charge in [0.2, 0.25) is 5.91 Å². The van der Waals surface area contributed by atoms with Gasteiger partial charge in [-0.2, -0.15) is 0 Å². The Morgan fingerprint density at radius 2 is 2.15 bits per heavy atom. The molecule has 4 heteroatoms. The van der Waals surface area contributed by atoms with Gasteiger partial charge in [-0.1, -0.05) is 28.1 Å². The molecule has 1 aromatic carbocycles. The van der Waals surface area contributed by atoms with Crippen LogP contribution in [0.1, 0.15) is 44.2 Å². The third-order valence-corrected chi connectivity index (χ3v) is 5.13. The number of hydrogen-bond acceptors (Lipinski definition) is 2. The van der Waals surface area contributed by atoms with Gasteiger partial charge >= 0.3 is 0 Å². The molecule has 1 aromatic rings. The molecular formula is C16H21BrN2O. The molecular weight excluding hydrogens is 316 g/mol. The monoisotopic (exact) mass is 336 g/mol. The normalized spacial score (nSPS) is 25.6. The average molecular weight is 337 g/mol. The Labute approximate surface area is 128 Å². The molecule has 2 N–H and O–H groups in total. The maximum Gasteiger partial charge on any atom is 0.243 e. The summed E-state index contributed by atoms with van der Waals surface area (Å²) in [5.41, 5.74) is 6.83. The Morgan fingerprint density at radius 3 is 2.80 bits per heavy atom. The highest BCUT2D eigenvalue weighted by Crippen LogP contribution is 2.42. The van der Waals surface area contributed by atoms with Crippen molar-refractivity contribution in [2.24, 2.45) is 11.7 Å². The fraction of sp³-hybridized carbons (Fsp3) is 0.562. The lowest BCUT2D eigenvalue weighted by Gasteiger charge is -2.33. The Balaban J connectivity index is 1.83. The third-order valence-electron chi connectivity index (χ3n) is 4.63. The molecule has 1 amide bonds. The van der Waals surface area contributed by atoms with E-state index in [1.807, 2.05) is 24.0 Å². The number of benzene rings is 1. The summed E-state index contributed by atoms with van der Waals surface area (Å²) >= 11 is 3.51. The van der Waals surface area contributed by atoms with Crippen LogP contribution in [0.2, 0.25) is 0 Å². The van der Waals surface area contributed by atoms with Crippen LogP contribution in [0.5, 0.6) is 0 Å². The van der Waals surface area contributed by atoms with Gasteiger partial charge in [0.15, 0.2) is 0 Å². The quantitative estimate of drug-likeness (QED) is 0.920. The van der Waals surface area contributed by atoms with E-state index < -0.39 is 5.54 Å². The predicted molar refractivity (Wildman–Crippen MR) is 83.1 cm³/mol. The van der Waals surface area contributed by atoms with Crippen LogP contribution in [0.4, 0.5) is 0 Å². The van der Waals surface area contributed by atoms with Crippen molar-refractivity contribution in [1.29, 1.82) is 0 Å². The number of carbonyl (C=O) groups excluding carboxylic acids is 1. The minimum Gasteiger partial charge on any atom is -0.334 e. The molecule has 2 aliphatic rings. The second-order valence-corrected chi connectivity index (χ2v) is 7.18. The summed E-state index contributed by atoms with van der Waals surface area (Å²) in [6.07, 6.45) is 4.27. The van der Waals surface area contributed by atoms with E-state index in [2.05, 4.69) is 28.1 Å². The average Bonchev–Trinajstić information content (AvgIpc) is 3.16. The summed E-state index contributed by atoms with van der Waals surface area (Å²) in [7, 11) is 0. The van der Waals surface area contributed by atoms with Crippen LogP contribution in [-0.4, -0.2) is 22.9 Å². The molecule has 0 bridgehead atoms. The first-order chi connectivity index (χ1) is 9.50. The van der Waals surface area contributed by atoms with Crippen LogP contribution in [0.3, 0.4) is 0 Å². The second-order valence-electron chi connectivity index (χ2n) is 6.27. The lowest BCUT2D eigenvalue weighted by Crippen LogP contribution is -2.54. The molecule has 3 nitrogen and oxygen atoms in total. The van der Waals surface area contributed by atoms with Gasteiger partial charge in [-0.15, -0.1) is 0 Å². The largest absolute Gasteiger partial charge is 0.334 e. The number of halogens is 1. The van der Waals surface area contributed by atoms with Crippen LogP contribution < -0.4 is 5.73 Å². The molecule has 108 valence electrons. The molecule has 0 radical (unpaired) electrons. The second kappa shape index (κ2) is 5.15. The van der Waals surface area contributed by atoms with Gasteiger partial charge in [0.25, 0.3) is 0 Å². The highest BCUT2D eigenvalue weighted by atomic mass is 79.9. The highest BCUT2D eigenvalue weighted by molar-refractivity contribution is 9.10. The number of nitrogens with zero attached hydrogens (tertiary/aromatic N) is 1. The SMILES string of the molecule is CC(N)(C(=O)N1CCCC1c1cccc(Br)c1)C1CC1. The van der Waals surface area contributed by atoms with E-state index >= 15 is 0 Å². The number of carbonyl (C=O) groups is 1. The Bertz CT molecular complexity index is 525. The minimum absolute atomic E-state index is 0.127. The van der Waals surface area contributed by atoms with Crippen LogP contribution in [0.15, 0.2) is 28.7 Å². The van der Waals surface area contributed by atoms with E-state index in [0.717, 1.165) is 36.7 Å². The summed E-state index contributed by atoms with van der Waals surface area (Å²) in [5, 5.41) is 0. The zero-order chi connectivity index (χ0) is 14.3. The Kier molecular flexibility index (Phi) is 3.63. The molecule has 3 rings (SSSR count). The van der Waals surface area contributed by atoms with Gasteiger partial charge in [-0.3, -0.25) is 4.79 Å². The first kappa shape index (κ1) is 14.1. The van der Waals surface area contributed by atoms with Gasteiger partial charge in [-0.05, 0) is 56.2 Å². The summed E-state index contributed by atoms with van der Waals surface area (Å²) < 4.78 is 1.06. The molecule has 2 fully saturated rings. The summed E-state index contributed by atoms with van der Waals surface area (Å²) in [6.45, 7) is 2.73. The fourth-order valence-corrected chi connectivity index (χ4v) is 3.65. The number of nitrogens with two attached hydrogens (primary N) is 1. The fourth-order valence-electron chi connectivity index (χ4n) is 3.24. The molecule has 0 spiro atoms. The zero-order valence-electron chi connectivity index (χ0n) is 11.8. The van der Waals surface area contributed by atoms with Crippen molar-refractivity contribution in [3.05, 3.63) is 34.3 Å². The maximum atomic E-state index is 12.8. The van der Waals surface area contributed by atoms with Crippen molar-refractivity contribution in [3.63, 3.8) is 0 Å². The van der Waals surface area contributed by atoms with Gasteiger partial charge in [0.05, 0.1) is 11.6 Å². The molecule has 0 aromatic heterocycles. The minimum atomic E-state index is -0.686. The molecule has 2 atom stereocenters. The van der Waals surface area contributed by atoms with Crippen molar-refractivity contribution in [1.82, 2.24) is 4.90 Å². The summed E-state index contributed by atoms with van der Waals surface area (Å²) in [5.74, 6) is 0.501. The first-order valence-corrected chi connectivity index (χ1v) is 8.15. The molecule has 1 saturated heterocycles. The van der Waals surface area contributed by atoms with Gasteiger partial charge in [0.1, 0.15) is 0 Å². The molecule has 20 heavy (non-hydrogen) atoms. The van der Waals surface area contributed by atoms with E-state index in [1.54, 1.807) is 0 Å². The predicted octanol–water partition coefficient (Wildman–Crippen LogP) is 3.24. The third kappa shape index (κ3) is 2.51. The van der Waals surface area contributed by atoms with E-state index in [0.29, 0.717) is 5.92 Å². The van der Waals surface area contributed by atoms with Crippen LogP contribution in [-0.2, 0) is 4.79 Å².